The fourth-order valence-electron chi connectivity index (χ4n) is 2.27. The Morgan fingerprint density at radius 1 is 1.43 bits per heavy atom. The first-order valence-electron chi connectivity index (χ1n) is 7.33. The number of benzene rings is 1. The number of amides is 1. The van der Waals surface area contributed by atoms with Gasteiger partial charge in [0, 0.05) is 19.6 Å². The van der Waals surface area contributed by atoms with Crippen LogP contribution in [0.15, 0.2) is 29.3 Å². The van der Waals surface area contributed by atoms with E-state index in [1.807, 2.05) is 19.1 Å². The van der Waals surface area contributed by atoms with Crippen molar-refractivity contribution in [3.63, 3.8) is 0 Å². The third-order valence-electron chi connectivity index (χ3n) is 3.46. The molecule has 2 aromatic rings. The molecule has 0 aliphatic carbocycles. The molecule has 0 fully saturated rings. The lowest BCUT2D eigenvalue weighted by atomic mass is 10.1. The van der Waals surface area contributed by atoms with E-state index in [4.69, 9.17) is 4.74 Å². The van der Waals surface area contributed by atoms with E-state index in [1.165, 1.54) is 0 Å². The Bertz CT molecular complexity index is 672. The van der Waals surface area contributed by atoms with E-state index < -0.39 is 0 Å². The molecule has 0 bridgehead atoms. The summed E-state index contributed by atoms with van der Waals surface area (Å²) in [5, 5.41) is 0. The Morgan fingerprint density at radius 3 is 2.90 bits per heavy atom. The van der Waals surface area contributed by atoms with Crippen molar-refractivity contribution < 1.29 is 9.53 Å². The highest BCUT2D eigenvalue weighted by atomic mass is 32.1. The minimum atomic E-state index is -0.0328. The van der Waals surface area contributed by atoms with Crippen LogP contribution in [0.4, 0.5) is 0 Å². The highest BCUT2D eigenvalue weighted by Crippen LogP contribution is 2.17. The molecule has 1 atom stereocenters. The van der Waals surface area contributed by atoms with Gasteiger partial charge in [-0.1, -0.05) is 43.7 Å². The number of rotatable bonds is 6. The molecule has 1 unspecified atom stereocenters. The summed E-state index contributed by atoms with van der Waals surface area (Å²) < 4.78 is 8.38. The predicted molar refractivity (Wildman–Crippen MR) is 86.3 cm³/mol. The van der Waals surface area contributed by atoms with Crippen molar-refractivity contribution in [2.45, 2.75) is 33.2 Å². The Morgan fingerprint density at radius 2 is 2.19 bits per heavy atom. The quantitative estimate of drug-likeness (QED) is 0.822. The molecule has 0 saturated carbocycles. The predicted octanol–water partition coefficient (Wildman–Crippen LogP) is 3.21. The molecular weight excluding hydrogens is 284 g/mol. The van der Waals surface area contributed by atoms with Crippen molar-refractivity contribution in [3.8, 4) is 0 Å². The summed E-state index contributed by atoms with van der Waals surface area (Å²) in [5.74, 6) is -0.0503. The van der Waals surface area contributed by atoms with Gasteiger partial charge in [0.15, 0.2) is 4.80 Å². The number of hydrogen-bond acceptors (Lipinski definition) is 3. The summed E-state index contributed by atoms with van der Waals surface area (Å²) in [6.07, 6.45) is 1.88. The number of para-hydroxylation sites is 1. The molecular formula is C16H22N2O2S. The molecule has 5 heteroatoms. The van der Waals surface area contributed by atoms with E-state index in [2.05, 4.69) is 28.6 Å². The van der Waals surface area contributed by atoms with Crippen LogP contribution in [0.2, 0.25) is 0 Å². The largest absolute Gasteiger partial charge is 0.383 e. The van der Waals surface area contributed by atoms with Crippen molar-refractivity contribution in [3.05, 3.63) is 29.1 Å². The number of hydrogen-bond donors (Lipinski definition) is 0. The van der Waals surface area contributed by atoms with Crippen LogP contribution in [0.3, 0.4) is 0 Å². The van der Waals surface area contributed by atoms with Gasteiger partial charge in [-0.25, -0.2) is 0 Å². The van der Waals surface area contributed by atoms with Crippen LogP contribution in [-0.2, 0) is 16.1 Å². The summed E-state index contributed by atoms with van der Waals surface area (Å²) in [7, 11) is 1.68. The molecule has 2 rings (SSSR count). The number of ether oxygens (including phenoxy) is 1. The summed E-state index contributed by atoms with van der Waals surface area (Å²) in [4.78, 5) is 17.3. The number of nitrogens with zero attached hydrogens (tertiary/aromatic N) is 2. The summed E-state index contributed by atoms with van der Waals surface area (Å²) in [6, 6.07) is 8.12. The van der Waals surface area contributed by atoms with Crippen LogP contribution in [0, 0.1) is 5.92 Å². The summed E-state index contributed by atoms with van der Waals surface area (Å²) in [5.41, 5.74) is 1.11. The van der Waals surface area contributed by atoms with Gasteiger partial charge in [0.05, 0.1) is 16.8 Å². The smallest absolute Gasteiger partial charge is 0.251 e. The van der Waals surface area contributed by atoms with E-state index >= 15 is 0 Å². The zero-order valence-corrected chi connectivity index (χ0v) is 13.7. The van der Waals surface area contributed by atoms with E-state index in [0.717, 1.165) is 27.9 Å². The van der Waals surface area contributed by atoms with E-state index in [1.54, 1.807) is 18.4 Å². The highest BCUT2D eigenvalue weighted by molar-refractivity contribution is 7.16. The minimum absolute atomic E-state index is 0.0175. The number of aromatic nitrogens is 1. The molecule has 0 saturated heterocycles. The first-order valence-corrected chi connectivity index (χ1v) is 8.15. The van der Waals surface area contributed by atoms with E-state index in [0.29, 0.717) is 13.2 Å². The molecule has 0 aliphatic rings. The zero-order valence-electron chi connectivity index (χ0n) is 12.8. The monoisotopic (exact) mass is 306 g/mol. The second kappa shape index (κ2) is 7.52. The standard InChI is InChI=1S/C16H22N2O2S/c1-4-7-12(2)15(19)17-16-18(10-11-20-3)13-8-5-6-9-14(13)21-16/h5-6,8-9,12H,4,7,10-11H2,1-3H3/b17-16-. The van der Waals surface area contributed by atoms with Gasteiger partial charge in [0.2, 0.25) is 0 Å². The van der Waals surface area contributed by atoms with Crippen LogP contribution >= 0.6 is 11.3 Å². The van der Waals surface area contributed by atoms with Gasteiger partial charge in [-0.15, -0.1) is 0 Å². The fraction of sp³-hybridized carbons (Fsp3) is 0.500. The Labute approximate surface area is 129 Å². The van der Waals surface area contributed by atoms with Crippen LogP contribution in [-0.4, -0.2) is 24.2 Å². The topological polar surface area (TPSA) is 43.6 Å². The molecule has 1 aromatic heterocycles. The van der Waals surface area contributed by atoms with Crippen LogP contribution in [0.1, 0.15) is 26.7 Å². The first-order chi connectivity index (χ1) is 10.2. The SMILES string of the molecule is CCCC(C)C(=O)/N=c1\sc2ccccc2n1CCOC. The van der Waals surface area contributed by atoms with Gasteiger partial charge in [0.1, 0.15) is 0 Å². The first kappa shape index (κ1) is 15.9. The molecule has 4 nitrogen and oxygen atoms in total. The molecule has 1 aromatic carbocycles. The third kappa shape index (κ3) is 3.80. The van der Waals surface area contributed by atoms with E-state index in [9.17, 15) is 4.79 Å². The molecule has 21 heavy (non-hydrogen) atoms. The van der Waals surface area contributed by atoms with Gasteiger partial charge in [-0.05, 0) is 18.6 Å². The van der Waals surface area contributed by atoms with E-state index in [-0.39, 0.29) is 11.8 Å². The van der Waals surface area contributed by atoms with Crippen molar-refractivity contribution in [2.24, 2.45) is 10.9 Å². The lowest BCUT2D eigenvalue weighted by Crippen LogP contribution is -2.21. The highest BCUT2D eigenvalue weighted by Gasteiger charge is 2.12. The number of carbonyl (C=O) groups is 1. The molecule has 0 spiro atoms. The molecule has 0 aliphatic heterocycles. The van der Waals surface area contributed by atoms with Crippen LogP contribution in [0.5, 0.6) is 0 Å². The van der Waals surface area contributed by atoms with Crippen molar-refractivity contribution in [1.29, 1.82) is 0 Å². The van der Waals surface area contributed by atoms with Crippen LogP contribution < -0.4 is 4.80 Å². The number of carbonyl (C=O) groups excluding carboxylic acids is 1. The maximum atomic E-state index is 12.2. The van der Waals surface area contributed by atoms with Gasteiger partial charge >= 0.3 is 0 Å². The average molecular weight is 306 g/mol. The summed E-state index contributed by atoms with van der Waals surface area (Å²) >= 11 is 1.56. The van der Waals surface area contributed by atoms with Gasteiger partial charge < -0.3 is 9.30 Å². The maximum Gasteiger partial charge on any atom is 0.251 e. The van der Waals surface area contributed by atoms with Crippen molar-refractivity contribution >= 4 is 27.5 Å². The second-order valence-corrected chi connectivity index (χ2v) is 6.15. The van der Waals surface area contributed by atoms with Crippen molar-refractivity contribution in [2.75, 3.05) is 13.7 Å². The zero-order chi connectivity index (χ0) is 15.2. The summed E-state index contributed by atoms with van der Waals surface area (Å²) in [6.45, 7) is 5.34. The van der Waals surface area contributed by atoms with Gasteiger partial charge in [-0.3, -0.25) is 4.79 Å². The molecule has 114 valence electrons. The molecule has 0 radical (unpaired) electrons. The van der Waals surface area contributed by atoms with Gasteiger partial charge in [-0.2, -0.15) is 4.99 Å². The Balaban J connectivity index is 2.44. The van der Waals surface area contributed by atoms with Gasteiger partial charge in [0.25, 0.3) is 5.91 Å². The third-order valence-corrected chi connectivity index (χ3v) is 4.52. The Hall–Kier alpha value is -1.46. The fourth-order valence-corrected chi connectivity index (χ4v) is 3.33. The minimum Gasteiger partial charge on any atom is -0.383 e. The second-order valence-electron chi connectivity index (χ2n) is 5.14. The average Bonchev–Trinajstić information content (AvgIpc) is 2.82. The number of fused-ring (bicyclic) bond motifs is 1. The lowest BCUT2D eigenvalue weighted by molar-refractivity contribution is -0.121. The Kier molecular flexibility index (Phi) is 5.70. The lowest BCUT2D eigenvalue weighted by Gasteiger charge is -2.06. The molecule has 1 heterocycles. The number of methoxy groups -OCH3 is 1. The number of thiazole rings is 1. The molecule has 1 amide bonds. The van der Waals surface area contributed by atoms with Crippen molar-refractivity contribution in [1.82, 2.24) is 4.57 Å². The molecule has 0 N–H and O–H groups in total. The van der Waals surface area contributed by atoms with Crippen LogP contribution in [0.25, 0.3) is 10.2 Å². The normalized spacial score (nSPS) is 13.8. The maximum absolute atomic E-state index is 12.2.